The van der Waals surface area contributed by atoms with E-state index in [2.05, 4.69) is 14.7 Å². The van der Waals surface area contributed by atoms with E-state index in [1.165, 1.54) is 31.8 Å². The monoisotopic (exact) mass is 234 g/mol. The number of nitrogens with zero attached hydrogens (tertiary/aromatic N) is 2. The van der Waals surface area contributed by atoms with Gasteiger partial charge in [0.1, 0.15) is 12.1 Å². The molecule has 1 N–H and O–H groups in total. The van der Waals surface area contributed by atoms with Crippen LogP contribution in [-0.2, 0) is 4.74 Å². The summed E-state index contributed by atoms with van der Waals surface area (Å²) in [5.41, 5.74) is 0.394. The quantitative estimate of drug-likeness (QED) is 0.795. The zero-order chi connectivity index (χ0) is 12.3. The van der Waals surface area contributed by atoms with E-state index in [0.717, 1.165) is 0 Å². The summed E-state index contributed by atoms with van der Waals surface area (Å²) < 4.78 is 9.66. The molecule has 17 heavy (non-hydrogen) atoms. The second kappa shape index (κ2) is 4.75. The van der Waals surface area contributed by atoms with Crippen molar-refractivity contribution in [2.45, 2.75) is 6.10 Å². The molecule has 0 saturated heterocycles. The maximum absolute atomic E-state index is 11.2. The Bertz CT molecular complexity index is 509. The van der Waals surface area contributed by atoms with Crippen molar-refractivity contribution < 1.29 is 19.1 Å². The number of carbonyl (C=O) groups excluding carboxylic acids is 1. The lowest BCUT2D eigenvalue weighted by atomic mass is 10.2. The number of rotatable bonds is 3. The summed E-state index contributed by atoms with van der Waals surface area (Å²) in [5, 5.41) is 9.92. The second-order valence-electron chi connectivity index (χ2n) is 3.23. The summed E-state index contributed by atoms with van der Waals surface area (Å²) in [7, 11) is 1.26. The van der Waals surface area contributed by atoms with Gasteiger partial charge in [-0.15, -0.1) is 0 Å². The average molecular weight is 234 g/mol. The van der Waals surface area contributed by atoms with Gasteiger partial charge in [-0.1, -0.05) is 0 Å². The molecule has 0 aliphatic carbocycles. The third kappa shape index (κ3) is 2.31. The molecule has 2 aromatic heterocycles. The Morgan fingerprint density at radius 3 is 2.94 bits per heavy atom. The molecule has 1 unspecified atom stereocenters. The van der Waals surface area contributed by atoms with Gasteiger partial charge < -0.3 is 14.3 Å². The van der Waals surface area contributed by atoms with Crippen molar-refractivity contribution in [2.24, 2.45) is 0 Å². The minimum Gasteiger partial charge on any atom is -0.463 e. The molecule has 6 heteroatoms. The van der Waals surface area contributed by atoms with Gasteiger partial charge in [-0.05, 0) is 18.2 Å². The van der Waals surface area contributed by atoms with Crippen LogP contribution in [0.4, 0.5) is 0 Å². The predicted molar refractivity (Wildman–Crippen MR) is 56.1 cm³/mol. The highest BCUT2D eigenvalue weighted by Gasteiger charge is 2.18. The van der Waals surface area contributed by atoms with Gasteiger partial charge in [0.25, 0.3) is 0 Å². The lowest BCUT2D eigenvalue weighted by Gasteiger charge is -2.05. The first kappa shape index (κ1) is 11.3. The number of aromatic nitrogens is 2. The Kier molecular flexibility index (Phi) is 3.15. The van der Waals surface area contributed by atoms with E-state index in [9.17, 15) is 9.90 Å². The Morgan fingerprint density at radius 1 is 1.47 bits per heavy atom. The molecule has 2 aromatic rings. The Morgan fingerprint density at radius 2 is 2.29 bits per heavy atom. The number of aliphatic hydroxyl groups excluding tert-OH is 1. The van der Waals surface area contributed by atoms with E-state index in [1.807, 2.05) is 0 Å². The highest BCUT2D eigenvalue weighted by molar-refractivity contribution is 5.86. The largest absolute Gasteiger partial charge is 0.463 e. The van der Waals surface area contributed by atoms with Crippen LogP contribution in [0.25, 0.3) is 0 Å². The maximum atomic E-state index is 11.2. The zero-order valence-corrected chi connectivity index (χ0v) is 9.03. The third-order valence-corrected chi connectivity index (χ3v) is 2.17. The van der Waals surface area contributed by atoms with Gasteiger partial charge in [0.2, 0.25) is 5.76 Å². The van der Waals surface area contributed by atoms with E-state index >= 15 is 0 Å². The summed E-state index contributed by atoms with van der Waals surface area (Å²) in [6.07, 6.45) is 1.80. The molecule has 0 bridgehead atoms. The van der Waals surface area contributed by atoms with Crippen LogP contribution in [0.2, 0.25) is 0 Å². The molecule has 2 heterocycles. The first-order chi connectivity index (χ1) is 8.22. The van der Waals surface area contributed by atoms with E-state index in [4.69, 9.17) is 4.42 Å². The van der Waals surface area contributed by atoms with Crippen molar-refractivity contribution in [3.8, 4) is 0 Å². The summed E-state index contributed by atoms with van der Waals surface area (Å²) in [5.74, 6) is -0.328. The standard InChI is InChI=1S/C11H10N2O4/c1-16-11(15)9-3-2-8(17-9)10(14)7-4-5-12-6-13-7/h2-6,10,14H,1H3. The summed E-state index contributed by atoms with van der Waals surface area (Å²) in [4.78, 5) is 18.8. The van der Waals surface area contributed by atoms with Crippen LogP contribution >= 0.6 is 0 Å². The van der Waals surface area contributed by atoms with Gasteiger partial charge in [0.05, 0.1) is 12.8 Å². The first-order valence-electron chi connectivity index (χ1n) is 4.84. The number of furan rings is 1. The molecule has 0 amide bonds. The molecule has 2 rings (SSSR count). The van der Waals surface area contributed by atoms with Crippen LogP contribution in [-0.4, -0.2) is 28.2 Å². The molecule has 0 saturated carbocycles. The number of ether oxygens (including phenoxy) is 1. The lowest BCUT2D eigenvalue weighted by molar-refractivity contribution is 0.0557. The maximum Gasteiger partial charge on any atom is 0.373 e. The molecular formula is C11H10N2O4. The van der Waals surface area contributed by atoms with Crippen molar-refractivity contribution in [2.75, 3.05) is 7.11 Å². The SMILES string of the molecule is COC(=O)c1ccc(C(O)c2ccncn2)o1. The minimum atomic E-state index is -1.03. The van der Waals surface area contributed by atoms with Crippen molar-refractivity contribution in [1.29, 1.82) is 0 Å². The molecule has 88 valence electrons. The molecule has 1 atom stereocenters. The Balaban J connectivity index is 2.23. The second-order valence-corrected chi connectivity index (χ2v) is 3.23. The third-order valence-electron chi connectivity index (χ3n) is 2.17. The van der Waals surface area contributed by atoms with Crippen LogP contribution in [0.1, 0.15) is 28.1 Å². The van der Waals surface area contributed by atoms with Crippen LogP contribution < -0.4 is 0 Å². The average Bonchev–Trinajstić information content (AvgIpc) is 2.87. The molecular weight excluding hydrogens is 224 g/mol. The fraction of sp³-hybridized carbons (Fsp3) is 0.182. The first-order valence-corrected chi connectivity index (χ1v) is 4.84. The zero-order valence-electron chi connectivity index (χ0n) is 9.03. The molecule has 0 radical (unpaired) electrons. The van der Waals surface area contributed by atoms with E-state index in [1.54, 1.807) is 6.07 Å². The minimum absolute atomic E-state index is 0.0376. The van der Waals surface area contributed by atoms with Crippen LogP contribution in [0.5, 0.6) is 0 Å². The molecule has 6 nitrogen and oxygen atoms in total. The predicted octanol–water partition coefficient (Wildman–Crippen LogP) is 0.938. The molecule has 0 spiro atoms. The fourth-order valence-corrected chi connectivity index (χ4v) is 1.32. The number of hydrogen-bond acceptors (Lipinski definition) is 6. The highest BCUT2D eigenvalue weighted by atomic mass is 16.5. The van der Waals surface area contributed by atoms with Gasteiger partial charge in [0, 0.05) is 6.20 Å². The van der Waals surface area contributed by atoms with Gasteiger partial charge in [0.15, 0.2) is 6.10 Å². The number of carbonyl (C=O) groups is 1. The normalized spacial score (nSPS) is 12.1. The Labute approximate surface area is 96.9 Å². The fourth-order valence-electron chi connectivity index (χ4n) is 1.32. The van der Waals surface area contributed by atoms with Crippen molar-refractivity contribution in [3.63, 3.8) is 0 Å². The lowest BCUT2D eigenvalue weighted by Crippen LogP contribution is -2.02. The van der Waals surface area contributed by atoms with E-state index in [0.29, 0.717) is 5.69 Å². The van der Waals surface area contributed by atoms with E-state index < -0.39 is 12.1 Å². The summed E-state index contributed by atoms with van der Waals surface area (Å²) in [6, 6.07) is 4.50. The number of hydrogen-bond donors (Lipinski definition) is 1. The molecule has 0 aliphatic heterocycles. The number of methoxy groups -OCH3 is 1. The van der Waals surface area contributed by atoms with Crippen LogP contribution in [0.3, 0.4) is 0 Å². The van der Waals surface area contributed by atoms with Crippen molar-refractivity contribution >= 4 is 5.97 Å². The molecule has 0 aromatic carbocycles. The van der Waals surface area contributed by atoms with Crippen LogP contribution in [0.15, 0.2) is 35.1 Å². The van der Waals surface area contributed by atoms with Gasteiger partial charge in [-0.3, -0.25) is 0 Å². The van der Waals surface area contributed by atoms with Crippen molar-refractivity contribution in [3.05, 3.63) is 47.9 Å². The molecule has 0 fully saturated rings. The van der Waals surface area contributed by atoms with Gasteiger partial charge in [-0.2, -0.15) is 0 Å². The highest BCUT2D eigenvalue weighted by Crippen LogP contribution is 2.22. The summed E-state index contributed by atoms with van der Waals surface area (Å²) >= 11 is 0. The van der Waals surface area contributed by atoms with Gasteiger partial charge >= 0.3 is 5.97 Å². The summed E-state index contributed by atoms with van der Waals surface area (Å²) in [6.45, 7) is 0. The molecule has 0 aliphatic rings. The smallest absolute Gasteiger partial charge is 0.373 e. The van der Waals surface area contributed by atoms with Crippen molar-refractivity contribution in [1.82, 2.24) is 9.97 Å². The topological polar surface area (TPSA) is 85.5 Å². The van der Waals surface area contributed by atoms with Gasteiger partial charge in [-0.25, -0.2) is 14.8 Å². The number of aliphatic hydroxyl groups is 1. The Hall–Kier alpha value is -2.21. The van der Waals surface area contributed by atoms with E-state index in [-0.39, 0.29) is 11.5 Å². The number of esters is 1. The van der Waals surface area contributed by atoms with Crippen LogP contribution in [0, 0.1) is 0 Å².